The molecule has 0 saturated carbocycles. The molecule has 0 aliphatic heterocycles. The second kappa shape index (κ2) is 14.4. The number of hydrogen-bond donors (Lipinski definition) is 2. The topological polar surface area (TPSA) is 117 Å². The highest BCUT2D eigenvalue weighted by Crippen LogP contribution is 2.30. The van der Waals surface area contributed by atoms with Crippen LogP contribution in [0.15, 0.2) is 143 Å². The number of hydrazone groups is 1. The van der Waals surface area contributed by atoms with Gasteiger partial charge in [0.2, 0.25) is 0 Å². The van der Waals surface area contributed by atoms with Gasteiger partial charge >= 0.3 is 0 Å². The molecule has 0 heterocycles. The van der Waals surface area contributed by atoms with Gasteiger partial charge in [0, 0.05) is 11.3 Å². The van der Waals surface area contributed by atoms with Crippen LogP contribution in [-0.2, 0) is 16.6 Å². The third-order valence-corrected chi connectivity index (χ3v) is 8.91. The molecule has 5 aromatic rings. The highest BCUT2D eigenvalue weighted by molar-refractivity contribution is 7.92. The number of nitrogens with zero attached hydrogens (tertiary/aromatic N) is 2. The summed E-state index contributed by atoms with van der Waals surface area (Å²) in [7, 11) is -2.61. The van der Waals surface area contributed by atoms with Gasteiger partial charge in [0.25, 0.3) is 21.8 Å². The molecule has 0 unspecified atom stereocenters. The summed E-state index contributed by atoms with van der Waals surface area (Å²) in [5.41, 5.74) is 5.87. The molecule has 0 radical (unpaired) electrons. The largest absolute Gasteiger partial charge is 0.497 e. The number of amides is 2. The van der Waals surface area contributed by atoms with E-state index < -0.39 is 15.9 Å². The molecule has 0 aromatic heterocycles. The molecule has 5 aromatic carbocycles. The molecule has 0 saturated heterocycles. The molecular formula is C36H32N4O5S. The lowest BCUT2D eigenvalue weighted by Crippen LogP contribution is -2.33. The van der Waals surface area contributed by atoms with Gasteiger partial charge < -0.3 is 10.1 Å². The maximum absolute atomic E-state index is 14.1. The molecule has 0 spiro atoms. The predicted molar refractivity (Wildman–Crippen MR) is 180 cm³/mol. The van der Waals surface area contributed by atoms with E-state index in [2.05, 4.69) is 15.8 Å². The van der Waals surface area contributed by atoms with Crippen LogP contribution < -0.4 is 19.8 Å². The Labute approximate surface area is 268 Å². The fourth-order valence-corrected chi connectivity index (χ4v) is 6.15. The second-order valence-corrected chi connectivity index (χ2v) is 12.1. The van der Waals surface area contributed by atoms with Gasteiger partial charge in [0.1, 0.15) is 5.75 Å². The van der Waals surface area contributed by atoms with Gasteiger partial charge in [-0.25, -0.2) is 13.8 Å². The Bertz CT molecular complexity index is 1960. The van der Waals surface area contributed by atoms with E-state index in [0.717, 1.165) is 5.56 Å². The first-order valence-corrected chi connectivity index (χ1v) is 15.8. The van der Waals surface area contributed by atoms with E-state index in [-0.39, 0.29) is 28.6 Å². The molecule has 5 rings (SSSR count). The second-order valence-electron chi connectivity index (χ2n) is 10.2. The standard InChI is InChI=1S/C36H32N4O5S/c1-26(29-16-11-17-30(24-29)37-35(41)28-14-7-4-8-15-28)38-39-36(42)33-18-9-10-19-34(33)40(25-27-12-5-3-6-13-27)46(43,44)32-22-20-31(45-2)21-23-32/h3-24H,25H2,1-2H3,(H,37,41)(H,39,42)/b38-26-. The van der Waals surface area contributed by atoms with Crippen LogP contribution in [0.25, 0.3) is 0 Å². The minimum absolute atomic E-state index is 0.0106. The molecule has 0 aliphatic carbocycles. The third-order valence-electron chi connectivity index (χ3n) is 7.13. The molecule has 2 N–H and O–H groups in total. The molecular weight excluding hydrogens is 600 g/mol. The number of para-hydroxylation sites is 1. The number of methoxy groups -OCH3 is 1. The number of anilines is 2. The maximum Gasteiger partial charge on any atom is 0.273 e. The Morgan fingerprint density at radius 1 is 0.739 bits per heavy atom. The number of benzene rings is 5. The van der Waals surface area contributed by atoms with Crippen molar-refractivity contribution in [3.8, 4) is 5.75 Å². The van der Waals surface area contributed by atoms with Crippen LogP contribution >= 0.6 is 0 Å². The van der Waals surface area contributed by atoms with E-state index >= 15 is 0 Å². The summed E-state index contributed by atoms with van der Waals surface area (Å²) < 4.78 is 34.5. The molecule has 232 valence electrons. The number of rotatable bonds is 11. The summed E-state index contributed by atoms with van der Waals surface area (Å²) in [4.78, 5) is 26.2. The maximum atomic E-state index is 14.1. The Morgan fingerprint density at radius 3 is 2.07 bits per heavy atom. The van der Waals surface area contributed by atoms with E-state index in [0.29, 0.717) is 28.3 Å². The lowest BCUT2D eigenvalue weighted by atomic mass is 10.1. The van der Waals surface area contributed by atoms with Crippen LogP contribution in [0.3, 0.4) is 0 Å². The molecule has 10 heteroatoms. The van der Waals surface area contributed by atoms with Gasteiger partial charge in [-0.1, -0.05) is 72.8 Å². The molecule has 46 heavy (non-hydrogen) atoms. The number of carbonyl (C=O) groups is 2. The van der Waals surface area contributed by atoms with Crippen LogP contribution in [-0.4, -0.2) is 33.1 Å². The van der Waals surface area contributed by atoms with Crippen molar-refractivity contribution in [3.63, 3.8) is 0 Å². The van der Waals surface area contributed by atoms with Gasteiger partial charge in [0.05, 0.1) is 35.5 Å². The van der Waals surface area contributed by atoms with Crippen molar-refractivity contribution in [2.45, 2.75) is 18.4 Å². The van der Waals surface area contributed by atoms with Crippen molar-refractivity contribution >= 4 is 38.9 Å². The first-order valence-electron chi connectivity index (χ1n) is 14.4. The minimum Gasteiger partial charge on any atom is -0.497 e. The lowest BCUT2D eigenvalue weighted by Gasteiger charge is -2.26. The van der Waals surface area contributed by atoms with E-state index in [4.69, 9.17) is 4.74 Å². The van der Waals surface area contributed by atoms with E-state index in [1.807, 2.05) is 36.4 Å². The van der Waals surface area contributed by atoms with E-state index in [1.54, 1.807) is 91.9 Å². The Balaban J connectivity index is 1.41. The fourth-order valence-electron chi connectivity index (χ4n) is 4.68. The van der Waals surface area contributed by atoms with Crippen LogP contribution in [0.2, 0.25) is 0 Å². The summed E-state index contributed by atoms with van der Waals surface area (Å²) in [5.74, 6) is -0.320. The number of carbonyl (C=O) groups excluding carboxylic acids is 2. The average Bonchev–Trinajstić information content (AvgIpc) is 3.10. The number of nitrogens with one attached hydrogen (secondary N) is 2. The van der Waals surface area contributed by atoms with Crippen molar-refractivity contribution in [2.75, 3.05) is 16.7 Å². The number of sulfonamides is 1. The van der Waals surface area contributed by atoms with Crippen molar-refractivity contribution in [2.24, 2.45) is 5.10 Å². The third kappa shape index (κ3) is 7.48. The normalized spacial score (nSPS) is 11.4. The number of hydrogen-bond acceptors (Lipinski definition) is 6. The van der Waals surface area contributed by atoms with Gasteiger partial charge in [-0.15, -0.1) is 0 Å². The zero-order valence-electron chi connectivity index (χ0n) is 25.3. The van der Waals surface area contributed by atoms with Gasteiger partial charge in [-0.2, -0.15) is 5.10 Å². The summed E-state index contributed by atoms with van der Waals surface area (Å²) >= 11 is 0. The zero-order valence-corrected chi connectivity index (χ0v) is 26.1. The monoisotopic (exact) mass is 632 g/mol. The first kappa shape index (κ1) is 31.7. The van der Waals surface area contributed by atoms with Gasteiger partial charge in [-0.3, -0.25) is 13.9 Å². The van der Waals surface area contributed by atoms with Crippen LogP contribution in [0, 0.1) is 0 Å². The van der Waals surface area contributed by atoms with Crippen molar-refractivity contribution in [1.82, 2.24) is 5.43 Å². The van der Waals surface area contributed by atoms with E-state index in [1.165, 1.54) is 23.5 Å². The summed E-state index contributed by atoms with van der Waals surface area (Å²) in [6.07, 6.45) is 0. The Kier molecular flexibility index (Phi) is 9.89. The van der Waals surface area contributed by atoms with Crippen molar-refractivity contribution < 1.29 is 22.7 Å². The summed E-state index contributed by atoms with van der Waals surface area (Å²) in [6, 6.07) is 37.7. The SMILES string of the molecule is COc1ccc(S(=O)(=O)N(Cc2ccccc2)c2ccccc2C(=O)N/N=C(/C)c2cccc(NC(=O)c3ccccc3)c2)cc1. The van der Waals surface area contributed by atoms with Crippen LogP contribution in [0.1, 0.15) is 38.8 Å². The molecule has 0 atom stereocenters. The first-order chi connectivity index (χ1) is 22.3. The van der Waals surface area contributed by atoms with Crippen LogP contribution in [0.4, 0.5) is 11.4 Å². The predicted octanol–water partition coefficient (Wildman–Crippen LogP) is 6.50. The van der Waals surface area contributed by atoms with E-state index in [9.17, 15) is 18.0 Å². The molecule has 0 fully saturated rings. The highest BCUT2D eigenvalue weighted by Gasteiger charge is 2.29. The van der Waals surface area contributed by atoms with Gasteiger partial charge in [0.15, 0.2) is 0 Å². The lowest BCUT2D eigenvalue weighted by molar-refractivity contribution is 0.0954. The fraction of sp³-hybridized carbons (Fsp3) is 0.0833. The highest BCUT2D eigenvalue weighted by atomic mass is 32.2. The average molecular weight is 633 g/mol. The Morgan fingerprint density at radius 2 is 1.37 bits per heavy atom. The minimum atomic E-state index is -4.11. The molecule has 0 aliphatic rings. The smallest absolute Gasteiger partial charge is 0.273 e. The molecule has 2 amide bonds. The summed E-state index contributed by atoms with van der Waals surface area (Å²) in [5, 5.41) is 7.16. The zero-order chi connectivity index (χ0) is 32.5. The number of ether oxygens (including phenoxy) is 1. The molecule has 9 nitrogen and oxygen atoms in total. The van der Waals surface area contributed by atoms with Crippen molar-refractivity contribution in [3.05, 3.63) is 156 Å². The van der Waals surface area contributed by atoms with Crippen LogP contribution in [0.5, 0.6) is 5.75 Å². The summed E-state index contributed by atoms with van der Waals surface area (Å²) in [6.45, 7) is 1.71. The Hall–Kier alpha value is -5.74. The van der Waals surface area contributed by atoms with Gasteiger partial charge in [-0.05, 0) is 78.7 Å². The molecule has 0 bridgehead atoms. The quantitative estimate of drug-likeness (QED) is 0.127. The van der Waals surface area contributed by atoms with Crippen molar-refractivity contribution in [1.29, 1.82) is 0 Å².